The molecule has 0 spiro atoms. The Balaban J connectivity index is 3.91. The van der Waals surface area contributed by atoms with E-state index >= 15 is 0 Å². The van der Waals surface area contributed by atoms with Gasteiger partial charge in [-0.15, -0.1) is 0 Å². The average Bonchev–Trinajstić information content (AvgIpc) is 3.01. The monoisotopic (exact) mass is 614 g/mol. The third-order valence-electron chi connectivity index (χ3n) is 9.28. The summed E-state index contributed by atoms with van der Waals surface area (Å²) in [5.74, 6) is 0.615. The van der Waals surface area contributed by atoms with Gasteiger partial charge in [0, 0.05) is 25.0 Å². The van der Waals surface area contributed by atoms with E-state index in [1.807, 2.05) is 0 Å². The first-order valence-corrected chi connectivity index (χ1v) is 19.3. The Bertz CT molecular complexity index is 490. The van der Waals surface area contributed by atoms with Crippen LogP contribution in [0.3, 0.4) is 0 Å². The molecule has 0 aliphatic carbocycles. The molecule has 43 heavy (non-hydrogen) atoms. The molecule has 3 unspecified atom stereocenters. The van der Waals surface area contributed by atoms with Crippen molar-refractivity contribution in [1.29, 1.82) is 0 Å². The molecule has 0 aliphatic rings. The minimum atomic E-state index is -0.580. The van der Waals surface area contributed by atoms with Crippen molar-refractivity contribution in [2.45, 2.75) is 201 Å². The van der Waals surface area contributed by atoms with Crippen LogP contribution in [0.25, 0.3) is 0 Å². The highest BCUT2D eigenvalue weighted by Gasteiger charge is 2.20. The first kappa shape index (κ1) is 42.8. The molecule has 4 atom stereocenters. The number of rotatable bonds is 35. The van der Waals surface area contributed by atoms with E-state index < -0.39 is 12.6 Å². The normalized spacial score (nSPS) is 14.8. The van der Waals surface area contributed by atoms with Gasteiger partial charge in [-0.3, -0.25) is 0 Å². The molecule has 0 aromatic carbocycles. The van der Waals surface area contributed by atoms with Crippen LogP contribution in [0, 0.1) is 11.8 Å². The van der Waals surface area contributed by atoms with Crippen LogP contribution in [0.15, 0.2) is 0 Å². The van der Waals surface area contributed by atoms with Crippen molar-refractivity contribution in [3.8, 4) is 0 Å². The summed E-state index contributed by atoms with van der Waals surface area (Å²) in [4.78, 5) is 2.59. The molecular weight excluding hydrogens is 534 g/mol. The van der Waals surface area contributed by atoms with Crippen LogP contribution in [0.1, 0.15) is 189 Å². The third-order valence-corrected chi connectivity index (χ3v) is 9.28. The van der Waals surface area contributed by atoms with Crippen LogP contribution in [-0.4, -0.2) is 60.5 Å². The summed E-state index contributed by atoms with van der Waals surface area (Å²) in [6.45, 7) is 16.1. The second kappa shape index (κ2) is 33.2. The van der Waals surface area contributed by atoms with E-state index in [2.05, 4.69) is 39.5 Å². The van der Waals surface area contributed by atoms with Gasteiger partial charge in [-0.25, -0.2) is 0 Å². The number of hydrogen-bond donors (Lipinski definition) is 2. The summed E-state index contributed by atoms with van der Waals surface area (Å²) in [6.07, 6.45) is 27.5. The average molecular weight is 614 g/mol. The summed E-state index contributed by atoms with van der Waals surface area (Å²) in [7, 11) is 0. The van der Waals surface area contributed by atoms with E-state index in [0.29, 0.717) is 25.0 Å². The fourth-order valence-electron chi connectivity index (χ4n) is 6.15. The van der Waals surface area contributed by atoms with Crippen molar-refractivity contribution in [2.75, 3.05) is 32.8 Å². The molecule has 0 radical (unpaired) electrons. The lowest BCUT2D eigenvalue weighted by molar-refractivity contribution is -0.139. The largest absolute Gasteiger partial charge is 0.368 e. The summed E-state index contributed by atoms with van der Waals surface area (Å²) < 4.78 is 11.8. The Morgan fingerprint density at radius 2 is 0.767 bits per heavy atom. The van der Waals surface area contributed by atoms with Gasteiger partial charge in [0.2, 0.25) is 0 Å². The first-order valence-electron chi connectivity index (χ1n) is 19.3. The first-order chi connectivity index (χ1) is 21.0. The Morgan fingerprint density at radius 1 is 0.419 bits per heavy atom. The molecule has 0 aromatic heterocycles. The SMILES string of the molecule is CCCCCCC(CCCC)C(O)OCCCCCCN(CC)CCCCCCO[C@H](O)C(CCCC)CCCCCC. The molecular formula is C38H79NO4. The Labute approximate surface area is 270 Å². The van der Waals surface area contributed by atoms with Crippen LogP contribution in [0.2, 0.25) is 0 Å². The van der Waals surface area contributed by atoms with Gasteiger partial charge in [-0.1, -0.05) is 137 Å². The van der Waals surface area contributed by atoms with Crippen molar-refractivity contribution in [1.82, 2.24) is 4.90 Å². The van der Waals surface area contributed by atoms with Crippen LogP contribution in [0.4, 0.5) is 0 Å². The molecule has 0 saturated heterocycles. The summed E-state index contributed by atoms with van der Waals surface area (Å²) >= 11 is 0. The number of nitrogens with zero attached hydrogens (tertiary/aromatic N) is 1. The van der Waals surface area contributed by atoms with Crippen LogP contribution < -0.4 is 0 Å². The van der Waals surface area contributed by atoms with E-state index in [-0.39, 0.29) is 0 Å². The maximum absolute atomic E-state index is 10.6. The molecule has 0 aromatic rings. The maximum Gasteiger partial charge on any atom is 0.157 e. The lowest BCUT2D eigenvalue weighted by atomic mass is 9.94. The van der Waals surface area contributed by atoms with E-state index in [1.165, 1.54) is 129 Å². The molecule has 0 fully saturated rings. The summed E-state index contributed by atoms with van der Waals surface area (Å²) in [6, 6.07) is 0. The van der Waals surface area contributed by atoms with E-state index in [1.54, 1.807) is 0 Å². The molecule has 0 heterocycles. The molecule has 5 heteroatoms. The molecule has 0 amide bonds. The number of ether oxygens (including phenoxy) is 2. The molecule has 0 saturated carbocycles. The van der Waals surface area contributed by atoms with Gasteiger partial charge in [-0.2, -0.15) is 0 Å². The predicted molar refractivity (Wildman–Crippen MR) is 187 cm³/mol. The predicted octanol–water partition coefficient (Wildman–Crippen LogP) is 10.7. The highest BCUT2D eigenvalue weighted by molar-refractivity contribution is 4.65. The second-order valence-corrected chi connectivity index (χ2v) is 13.3. The van der Waals surface area contributed by atoms with Gasteiger partial charge in [0.05, 0.1) is 0 Å². The minimum absolute atomic E-state index is 0.307. The van der Waals surface area contributed by atoms with Gasteiger partial charge in [0.25, 0.3) is 0 Å². The summed E-state index contributed by atoms with van der Waals surface area (Å²) in [5.41, 5.74) is 0. The van der Waals surface area contributed by atoms with Gasteiger partial charge < -0.3 is 24.6 Å². The number of aliphatic hydroxyl groups is 2. The Kier molecular flexibility index (Phi) is 33.0. The van der Waals surface area contributed by atoms with Gasteiger partial charge in [0.15, 0.2) is 12.6 Å². The fraction of sp³-hybridized carbons (Fsp3) is 1.00. The quantitative estimate of drug-likeness (QED) is 0.0550. The zero-order valence-corrected chi connectivity index (χ0v) is 30.0. The van der Waals surface area contributed by atoms with Crippen molar-refractivity contribution in [2.24, 2.45) is 11.8 Å². The maximum atomic E-state index is 10.6. The number of unbranched alkanes of at least 4 members (excludes halogenated alkanes) is 14. The fourth-order valence-corrected chi connectivity index (χ4v) is 6.15. The molecule has 260 valence electrons. The molecule has 2 N–H and O–H groups in total. The van der Waals surface area contributed by atoms with Crippen molar-refractivity contribution in [3.05, 3.63) is 0 Å². The van der Waals surface area contributed by atoms with E-state index in [4.69, 9.17) is 9.47 Å². The highest BCUT2D eigenvalue weighted by Crippen LogP contribution is 2.23. The van der Waals surface area contributed by atoms with Crippen LogP contribution in [0.5, 0.6) is 0 Å². The summed E-state index contributed by atoms with van der Waals surface area (Å²) in [5, 5.41) is 21.2. The highest BCUT2D eigenvalue weighted by atomic mass is 16.6. The number of hydrogen-bond acceptors (Lipinski definition) is 5. The third kappa shape index (κ3) is 26.7. The van der Waals surface area contributed by atoms with Crippen LogP contribution >= 0.6 is 0 Å². The van der Waals surface area contributed by atoms with Crippen molar-refractivity contribution in [3.63, 3.8) is 0 Å². The lowest BCUT2D eigenvalue weighted by Gasteiger charge is -2.23. The van der Waals surface area contributed by atoms with Crippen LogP contribution in [-0.2, 0) is 9.47 Å². The number of aliphatic hydroxyl groups excluding tert-OH is 2. The Morgan fingerprint density at radius 3 is 1.14 bits per heavy atom. The molecule has 0 rings (SSSR count). The zero-order chi connectivity index (χ0) is 31.8. The van der Waals surface area contributed by atoms with Gasteiger partial charge >= 0.3 is 0 Å². The van der Waals surface area contributed by atoms with Gasteiger partial charge in [0.1, 0.15) is 0 Å². The zero-order valence-electron chi connectivity index (χ0n) is 30.0. The standard InChI is InChI=1S/C38H79NO4/c1-6-11-15-21-29-35(27-13-8-3)37(40)42-33-25-19-17-23-31-39(10-5)32-24-18-20-26-34-43-38(41)36(28-14-9-4)30-22-16-12-7-2/h35-38,40-41H,6-34H2,1-5H3/t35?,36?,37-,38?/m0/s1. The molecule has 0 aliphatic heterocycles. The second-order valence-electron chi connectivity index (χ2n) is 13.3. The van der Waals surface area contributed by atoms with E-state index in [9.17, 15) is 10.2 Å². The smallest absolute Gasteiger partial charge is 0.157 e. The molecule has 5 nitrogen and oxygen atoms in total. The Hall–Kier alpha value is -0.200. The van der Waals surface area contributed by atoms with Gasteiger partial charge in [-0.05, 0) is 71.0 Å². The van der Waals surface area contributed by atoms with Crippen molar-refractivity contribution < 1.29 is 19.7 Å². The minimum Gasteiger partial charge on any atom is -0.368 e. The van der Waals surface area contributed by atoms with E-state index in [0.717, 1.165) is 45.1 Å². The topological polar surface area (TPSA) is 62.2 Å². The van der Waals surface area contributed by atoms with Crippen molar-refractivity contribution >= 4 is 0 Å². The lowest BCUT2D eigenvalue weighted by Crippen LogP contribution is -2.26. The molecule has 0 bridgehead atoms.